The molecule has 1 aliphatic heterocycles. The van der Waals surface area contributed by atoms with Crippen molar-refractivity contribution < 1.29 is 9.90 Å². The highest BCUT2D eigenvalue weighted by Gasteiger charge is 2.25. The summed E-state index contributed by atoms with van der Waals surface area (Å²) in [7, 11) is 0. The van der Waals surface area contributed by atoms with Crippen molar-refractivity contribution in [3.8, 4) is 0 Å². The highest BCUT2D eigenvalue weighted by atomic mass is 16.4. The lowest BCUT2D eigenvalue weighted by Gasteiger charge is -2.24. The molecule has 3 N–H and O–H groups in total. The number of carboxylic acid groups (broad SMARTS) is 1. The Morgan fingerprint density at radius 3 is 3.33 bits per heavy atom. The van der Waals surface area contributed by atoms with Gasteiger partial charge in [-0.15, -0.1) is 0 Å². The van der Waals surface area contributed by atoms with Gasteiger partial charge in [0.15, 0.2) is 0 Å². The van der Waals surface area contributed by atoms with E-state index in [1.807, 2.05) is 11.6 Å². The number of fused-ring (bicyclic) bond motifs is 1. The zero-order valence-corrected chi connectivity index (χ0v) is 8.53. The molecular formula is C9H14N4O2. The number of carbonyl (C=O) groups is 1. The Bertz CT molecular complexity index is 361. The molecule has 0 fully saturated rings. The lowest BCUT2D eigenvalue weighted by atomic mass is 10.1. The molecule has 0 saturated carbocycles. The fourth-order valence-corrected chi connectivity index (χ4v) is 1.93. The molecular weight excluding hydrogens is 196 g/mol. The van der Waals surface area contributed by atoms with Crippen LogP contribution >= 0.6 is 0 Å². The van der Waals surface area contributed by atoms with Crippen molar-refractivity contribution in [2.24, 2.45) is 0 Å². The summed E-state index contributed by atoms with van der Waals surface area (Å²) in [5, 5.41) is 18.6. The van der Waals surface area contributed by atoms with E-state index in [0.717, 1.165) is 30.9 Å². The van der Waals surface area contributed by atoms with Crippen molar-refractivity contribution in [1.29, 1.82) is 0 Å². The third kappa shape index (κ3) is 1.74. The van der Waals surface area contributed by atoms with Crippen LogP contribution in [0.4, 0.5) is 10.5 Å². The molecule has 1 aromatic rings. The van der Waals surface area contributed by atoms with Gasteiger partial charge >= 0.3 is 6.09 Å². The molecule has 1 aromatic heterocycles. The maximum absolute atomic E-state index is 10.6. The van der Waals surface area contributed by atoms with Crippen LogP contribution in [0.1, 0.15) is 25.1 Å². The Labute approximate surface area is 87.3 Å². The molecule has 15 heavy (non-hydrogen) atoms. The Balaban J connectivity index is 2.30. The van der Waals surface area contributed by atoms with E-state index in [9.17, 15) is 4.79 Å². The van der Waals surface area contributed by atoms with Crippen molar-refractivity contribution in [3.05, 3.63) is 11.9 Å². The first-order valence-electron chi connectivity index (χ1n) is 5.01. The summed E-state index contributed by atoms with van der Waals surface area (Å²) in [5.41, 5.74) is 1.87. The molecule has 1 atom stereocenters. The minimum Gasteiger partial charge on any atom is -0.465 e. The predicted octanol–water partition coefficient (Wildman–Crippen LogP) is 1.03. The van der Waals surface area contributed by atoms with E-state index in [0.29, 0.717) is 0 Å². The Morgan fingerprint density at radius 2 is 2.67 bits per heavy atom. The minimum atomic E-state index is -0.989. The largest absolute Gasteiger partial charge is 0.465 e. The van der Waals surface area contributed by atoms with Gasteiger partial charge in [-0.1, -0.05) is 0 Å². The lowest BCUT2D eigenvalue weighted by Crippen LogP contribution is -2.33. The zero-order chi connectivity index (χ0) is 10.8. The van der Waals surface area contributed by atoms with Gasteiger partial charge in [0, 0.05) is 13.1 Å². The Kier molecular flexibility index (Phi) is 2.49. The Morgan fingerprint density at radius 1 is 1.87 bits per heavy atom. The first-order valence-corrected chi connectivity index (χ1v) is 5.01. The summed E-state index contributed by atoms with van der Waals surface area (Å²) < 4.78 is 1.82. The highest BCUT2D eigenvalue weighted by molar-refractivity contribution is 5.66. The van der Waals surface area contributed by atoms with Crippen LogP contribution in [0.15, 0.2) is 6.20 Å². The van der Waals surface area contributed by atoms with Gasteiger partial charge in [-0.3, -0.25) is 4.68 Å². The number of hydrogen-bond acceptors (Lipinski definition) is 3. The molecule has 1 aliphatic rings. The van der Waals surface area contributed by atoms with Gasteiger partial charge < -0.3 is 15.7 Å². The Hall–Kier alpha value is -1.72. The molecule has 2 heterocycles. The van der Waals surface area contributed by atoms with Gasteiger partial charge in [0.25, 0.3) is 0 Å². The van der Waals surface area contributed by atoms with Crippen LogP contribution in [0.25, 0.3) is 0 Å². The summed E-state index contributed by atoms with van der Waals surface area (Å²) in [6, 6.07) is -0.152. The van der Waals surface area contributed by atoms with Crippen LogP contribution in [0.2, 0.25) is 0 Å². The van der Waals surface area contributed by atoms with Crippen LogP contribution in [0, 0.1) is 0 Å². The summed E-state index contributed by atoms with van der Waals surface area (Å²) >= 11 is 0. The van der Waals surface area contributed by atoms with Gasteiger partial charge in [0.05, 0.1) is 23.6 Å². The van der Waals surface area contributed by atoms with Crippen LogP contribution in [-0.4, -0.2) is 27.5 Å². The van der Waals surface area contributed by atoms with Crippen LogP contribution in [0.5, 0.6) is 0 Å². The molecule has 1 amide bonds. The maximum atomic E-state index is 10.6. The SMILES string of the molecule is CCn1ncc2c1C(NC(=O)O)CCN2. The lowest BCUT2D eigenvalue weighted by molar-refractivity contribution is 0.188. The second-order valence-electron chi connectivity index (χ2n) is 3.48. The molecule has 0 spiro atoms. The van der Waals surface area contributed by atoms with Crippen LogP contribution in [0.3, 0.4) is 0 Å². The molecule has 0 radical (unpaired) electrons. The molecule has 0 saturated heterocycles. The van der Waals surface area contributed by atoms with E-state index in [2.05, 4.69) is 15.7 Å². The average molecular weight is 210 g/mol. The smallest absolute Gasteiger partial charge is 0.405 e. The first kappa shape index (κ1) is 9.82. The van der Waals surface area contributed by atoms with E-state index in [-0.39, 0.29) is 6.04 Å². The maximum Gasteiger partial charge on any atom is 0.405 e. The number of rotatable bonds is 2. The van der Waals surface area contributed by atoms with Gasteiger partial charge in [0.2, 0.25) is 0 Å². The zero-order valence-electron chi connectivity index (χ0n) is 8.53. The number of nitrogens with zero attached hydrogens (tertiary/aromatic N) is 2. The van der Waals surface area contributed by atoms with Crippen molar-refractivity contribution in [2.45, 2.75) is 25.9 Å². The summed E-state index contributed by atoms with van der Waals surface area (Å²) in [5.74, 6) is 0. The second-order valence-corrected chi connectivity index (χ2v) is 3.48. The number of nitrogens with one attached hydrogen (secondary N) is 2. The topological polar surface area (TPSA) is 79.2 Å². The summed E-state index contributed by atoms with van der Waals surface area (Å²) in [4.78, 5) is 10.6. The third-order valence-electron chi connectivity index (χ3n) is 2.56. The second kappa shape index (κ2) is 3.80. The fourth-order valence-electron chi connectivity index (χ4n) is 1.93. The monoisotopic (exact) mass is 210 g/mol. The van der Waals surface area contributed by atoms with E-state index >= 15 is 0 Å². The molecule has 6 heteroatoms. The molecule has 6 nitrogen and oxygen atoms in total. The summed E-state index contributed by atoms with van der Waals surface area (Å²) in [6.07, 6.45) is 1.51. The summed E-state index contributed by atoms with van der Waals surface area (Å²) in [6.45, 7) is 3.50. The number of aromatic nitrogens is 2. The quantitative estimate of drug-likeness (QED) is 0.681. The standard InChI is InChI=1S/C9H14N4O2/c1-2-13-8-6(12-9(14)15)3-4-10-7(8)5-11-13/h5-6,10,12H,2-4H2,1H3,(H,14,15). The van der Waals surface area contributed by atoms with E-state index in [4.69, 9.17) is 5.11 Å². The normalized spacial score (nSPS) is 19.1. The number of amides is 1. The predicted molar refractivity (Wildman–Crippen MR) is 54.9 cm³/mol. The molecule has 0 aliphatic carbocycles. The van der Waals surface area contributed by atoms with Crippen molar-refractivity contribution in [1.82, 2.24) is 15.1 Å². The van der Waals surface area contributed by atoms with Gasteiger partial charge in [-0.05, 0) is 13.3 Å². The molecule has 2 rings (SSSR count). The van der Waals surface area contributed by atoms with Gasteiger partial charge in [0.1, 0.15) is 0 Å². The molecule has 0 bridgehead atoms. The minimum absolute atomic E-state index is 0.152. The number of hydrogen-bond donors (Lipinski definition) is 3. The van der Waals surface area contributed by atoms with Gasteiger partial charge in [-0.2, -0.15) is 5.10 Å². The molecule has 82 valence electrons. The van der Waals surface area contributed by atoms with Crippen molar-refractivity contribution >= 4 is 11.8 Å². The molecule has 0 aromatic carbocycles. The number of aryl methyl sites for hydroxylation is 1. The molecule has 1 unspecified atom stereocenters. The van der Waals surface area contributed by atoms with Crippen molar-refractivity contribution in [3.63, 3.8) is 0 Å². The van der Waals surface area contributed by atoms with E-state index in [1.54, 1.807) is 6.20 Å². The third-order valence-corrected chi connectivity index (χ3v) is 2.56. The van der Waals surface area contributed by atoms with E-state index < -0.39 is 6.09 Å². The van der Waals surface area contributed by atoms with Gasteiger partial charge in [-0.25, -0.2) is 4.79 Å². The fraction of sp³-hybridized carbons (Fsp3) is 0.556. The first-order chi connectivity index (χ1) is 7.22. The van der Waals surface area contributed by atoms with Crippen LogP contribution < -0.4 is 10.6 Å². The van der Waals surface area contributed by atoms with E-state index in [1.165, 1.54) is 0 Å². The van der Waals surface area contributed by atoms with Crippen LogP contribution in [-0.2, 0) is 6.54 Å². The van der Waals surface area contributed by atoms with Crippen molar-refractivity contribution in [2.75, 3.05) is 11.9 Å². The average Bonchev–Trinajstić information content (AvgIpc) is 2.61. The highest BCUT2D eigenvalue weighted by Crippen LogP contribution is 2.29. The number of anilines is 1.